The third-order valence-corrected chi connectivity index (χ3v) is 1.09. The number of halogens is 3. The van der Waals surface area contributed by atoms with Gasteiger partial charge in [0.05, 0.1) is 0 Å². The number of alkyl halides is 3. The minimum absolute atomic E-state index is 0.903. The van der Waals surface area contributed by atoms with Gasteiger partial charge in [-0.2, -0.15) is 13.2 Å². The summed E-state index contributed by atoms with van der Waals surface area (Å²) in [4.78, 5) is 0. The summed E-state index contributed by atoms with van der Waals surface area (Å²) in [6.07, 6.45) is -4.11. The summed E-state index contributed by atoms with van der Waals surface area (Å²) < 4.78 is 34.8. The smallest absolute Gasteiger partial charge is 0.248 e. The molecule has 0 aliphatic heterocycles. The zero-order valence-corrected chi connectivity index (χ0v) is 6.24. The van der Waals surface area contributed by atoms with Gasteiger partial charge in [-0.25, -0.2) is 10.0 Å². The first-order chi connectivity index (χ1) is 4.33. The molecule has 0 aromatic carbocycles. The molecule has 0 spiro atoms. The summed E-state index contributed by atoms with van der Waals surface area (Å²) in [5, 5.41) is 2.47. The molecule has 0 aliphatic carbocycles. The van der Waals surface area contributed by atoms with Crippen LogP contribution in [0.25, 0.3) is 0 Å². The summed E-state index contributed by atoms with van der Waals surface area (Å²) in [7, 11) is 4.50. The molecule has 2 nitrogen and oxygen atoms in total. The highest BCUT2D eigenvalue weighted by molar-refractivity contribution is 4.53. The van der Waals surface area contributed by atoms with Crippen molar-refractivity contribution < 1.29 is 13.2 Å². The van der Waals surface area contributed by atoms with Gasteiger partial charge in [-0.3, -0.25) is 0 Å². The highest BCUT2D eigenvalue weighted by atomic mass is 19.4. The van der Waals surface area contributed by atoms with Gasteiger partial charge in [-0.1, -0.05) is 0 Å². The lowest BCUT2D eigenvalue weighted by Crippen LogP contribution is -2.40. The van der Waals surface area contributed by atoms with Crippen LogP contribution in [0.5, 0.6) is 0 Å². The van der Waals surface area contributed by atoms with Gasteiger partial charge in [0.25, 0.3) is 0 Å². The lowest BCUT2D eigenvalue weighted by molar-refractivity contribution is -0.167. The molecule has 0 amide bonds. The Kier molecular flexibility index (Phi) is 3.11. The van der Waals surface area contributed by atoms with Gasteiger partial charge in [-0.15, -0.1) is 0 Å². The Labute approximate surface area is 58.2 Å². The van der Waals surface area contributed by atoms with Crippen molar-refractivity contribution in [3.8, 4) is 0 Å². The monoisotopic (exact) mass is 156 g/mol. The van der Waals surface area contributed by atoms with Crippen LogP contribution in [0, 0.1) is 0 Å². The normalized spacial score (nSPS) is 13.2. The van der Waals surface area contributed by atoms with Crippen molar-refractivity contribution in [1.82, 2.24) is 10.0 Å². The molecule has 0 fully saturated rings. The van der Waals surface area contributed by atoms with E-state index < -0.39 is 12.7 Å². The zero-order valence-electron chi connectivity index (χ0n) is 6.24. The van der Waals surface area contributed by atoms with Gasteiger partial charge in [0.1, 0.15) is 6.54 Å². The number of hydrazine groups is 1. The van der Waals surface area contributed by atoms with Crippen LogP contribution in [0.2, 0.25) is 0 Å². The average Bonchev–Trinajstić information content (AvgIpc) is 1.60. The lowest BCUT2D eigenvalue weighted by Gasteiger charge is -2.24. The molecule has 62 valence electrons. The fourth-order valence-electron chi connectivity index (χ4n) is 0.401. The Balaban J connectivity index is 3.68. The summed E-state index contributed by atoms with van der Waals surface area (Å²) >= 11 is 0. The van der Waals surface area contributed by atoms with E-state index in [0.717, 1.165) is 5.01 Å². The van der Waals surface area contributed by atoms with Crippen molar-refractivity contribution in [2.75, 3.05) is 27.7 Å². The van der Waals surface area contributed by atoms with E-state index in [2.05, 4.69) is 0 Å². The first-order valence-electron chi connectivity index (χ1n) is 2.78. The average molecular weight is 156 g/mol. The fourth-order valence-corrected chi connectivity index (χ4v) is 0.401. The largest absolute Gasteiger partial charge is 0.402 e. The lowest BCUT2D eigenvalue weighted by atomic mass is 10.6. The van der Waals surface area contributed by atoms with Crippen LogP contribution in [-0.2, 0) is 0 Å². The molecule has 0 atom stereocenters. The molecular weight excluding hydrogens is 145 g/mol. The predicted octanol–water partition coefficient (Wildman–Crippen LogP) is 0.957. The second kappa shape index (κ2) is 3.21. The molecule has 0 unspecified atom stereocenters. The van der Waals surface area contributed by atoms with E-state index in [9.17, 15) is 13.2 Å². The molecule has 0 N–H and O–H groups in total. The number of rotatable bonds is 2. The maximum absolute atomic E-state index is 11.6. The number of hydrogen-bond acceptors (Lipinski definition) is 2. The van der Waals surface area contributed by atoms with Crippen LogP contribution in [0.4, 0.5) is 13.2 Å². The summed E-state index contributed by atoms with van der Waals surface area (Å²) in [5.41, 5.74) is 0. The van der Waals surface area contributed by atoms with Gasteiger partial charge in [-0.05, 0) is 0 Å². The molecule has 0 bridgehead atoms. The Bertz CT molecular complexity index is 99.6. The van der Waals surface area contributed by atoms with E-state index in [1.165, 1.54) is 12.1 Å². The fraction of sp³-hybridized carbons (Fsp3) is 1.00. The van der Waals surface area contributed by atoms with Crippen LogP contribution in [0.3, 0.4) is 0 Å². The Hall–Kier alpha value is -0.290. The highest BCUT2D eigenvalue weighted by Gasteiger charge is 2.29. The maximum atomic E-state index is 11.6. The van der Waals surface area contributed by atoms with Gasteiger partial charge in [0.2, 0.25) is 0 Å². The van der Waals surface area contributed by atoms with E-state index in [0.29, 0.717) is 0 Å². The summed E-state index contributed by atoms with van der Waals surface area (Å²) in [5.74, 6) is 0. The highest BCUT2D eigenvalue weighted by Crippen LogP contribution is 2.15. The molecule has 0 heterocycles. The van der Waals surface area contributed by atoms with Crippen molar-refractivity contribution in [2.24, 2.45) is 0 Å². The van der Waals surface area contributed by atoms with Gasteiger partial charge >= 0.3 is 6.18 Å². The van der Waals surface area contributed by atoms with Crippen molar-refractivity contribution in [1.29, 1.82) is 0 Å². The first-order valence-corrected chi connectivity index (χ1v) is 2.78. The van der Waals surface area contributed by atoms with E-state index >= 15 is 0 Å². The second-order valence-corrected chi connectivity index (χ2v) is 2.28. The minimum atomic E-state index is -4.11. The molecule has 0 saturated carbocycles. The van der Waals surface area contributed by atoms with E-state index in [-0.39, 0.29) is 0 Å². The molecule has 0 rings (SSSR count). The topological polar surface area (TPSA) is 6.48 Å². The van der Waals surface area contributed by atoms with Gasteiger partial charge < -0.3 is 0 Å². The van der Waals surface area contributed by atoms with Gasteiger partial charge in [0.15, 0.2) is 0 Å². The molecule has 5 heteroatoms. The zero-order chi connectivity index (χ0) is 8.36. The third kappa shape index (κ3) is 4.58. The van der Waals surface area contributed by atoms with E-state index in [1.54, 1.807) is 14.1 Å². The SMILES string of the molecule is CN(C)N(C)CC(F)(F)F. The summed E-state index contributed by atoms with van der Waals surface area (Å²) in [6, 6.07) is 0. The van der Waals surface area contributed by atoms with Crippen molar-refractivity contribution >= 4 is 0 Å². The van der Waals surface area contributed by atoms with Crippen LogP contribution in [0.1, 0.15) is 0 Å². The first kappa shape index (κ1) is 9.71. The number of nitrogens with zero attached hydrogens (tertiary/aromatic N) is 2. The standard InChI is InChI=1S/C5H11F3N2/c1-9(2)10(3)4-5(6,7)8/h4H2,1-3H3. The maximum Gasteiger partial charge on any atom is 0.402 e. The molecular formula is C5H11F3N2. The molecule has 0 aromatic heterocycles. The third-order valence-electron chi connectivity index (χ3n) is 1.09. The Morgan fingerprint density at radius 2 is 1.50 bits per heavy atom. The summed E-state index contributed by atoms with van der Waals surface area (Å²) in [6.45, 7) is -0.903. The van der Waals surface area contributed by atoms with Crippen molar-refractivity contribution in [3.05, 3.63) is 0 Å². The molecule has 0 radical (unpaired) electrons. The molecule has 0 saturated heterocycles. The van der Waals surface area contributed by atoms with Crippen LogP contribution >= 0.6 is 0 Å². The minimum Gasteiger partial charge on any atom is -0.248 e. The molecule has 10 heavy (non-hydrogen) atoms. The van der Waals surface area contributed by atoms with Crippen LogP contribution < -0.4 is 0 Å². The Morgan fingerprint density at radius 3 is 1.60 bits per heavy atom. The number of hydrogen-bond donors (Lipinski definition) is 0. The quantitative estimate of drug-likeness (QED) is 0.549. The van der Waals surface area contributed by atoms with Crippen molar-refractivity contribution in [3.63, 3.8) is 0 Å². The second-order valence-electron chi connectivity index (χ2n) is 2.28. The molecule has 0 aromatic rings. The van der Waals surface area contributed by atoms with E-state index in [1.807, 2.05) is 0 Å². The Morgan fingerprint density at radius 1 is 1.10 bits per heavy atom. The van der Waals surface area contributed by atoms with Crippen LogP contribution in [-0.4, -0.2) is 43.9 Å². The van der Waals surface area contributed by atoms with E-state index in [4.69, 9.17) is 0 Å². The predicted molar refractivity (Wildman–Crippen MR) is 32.4 cm³/mol. The van der Waals surface area contributed by atoms with Gasteiger partial charge in [0, 0.05) is 21.1 Å². The van der Waals surface area contributed by atoms with Crippen molar-refractivity contribution in [2.45, 2.75) is 6.18 Å². The molecule has 0 aliphatic rings. The van der Waals surface area contributed by atoms with Crippen LogP contribution in [0.15, 0.2) is 0 Å².